The summed E-state index contributed by atoms with van der Waals surface area (Å²) in [6.45, 7) is 7.69. The topological polar surface area (TPSA) is 117 Å². The van der Waals surface area contributed by atoms with Gasteiger partial charge in [0.2, 0.25) is 6.79 Å². The van der Waals surface area contributed by atoms with E-state index in [1.165, 1.54) is 0 Å². The Balaban J connectivity index is 1.50. The second kappa shape index (κ2) is 9.74. The third kappa shape index (κ3) is 5.08. The lowest BCUT2D eigenvalue weighted by atomic mass is 10.1. The Labute approximate surface area is 213 Å². The molecule has 1 aliphatic heterocycles. The van der Waals surface area contributed by atoms with Crippen LogP contribution in [0.3, 0.4) is 0 Å². The maximum absolute atomic E-state index is 13.1. The summed E-state index contributed by atoms with van der Waals surface area (Å²) >= 11 is 0. The molecule has 2 aromatic heterocycles. The van der Waals surface area contributed by atoms with Crippen LogP contribution in [0, 0.1) is 0 Å². The second-order valence-electron chi connectivity index (χ2n) is 9.93. The smallest absolute Gasteiger partial charge is 0.252 e. The molecule has 0 saturated heterocycles. The van der Waals surface area contributed by atoms with Gasteiger partial charge in [-0.3, -0.25) is 9.69 Å². The third-order valence-electron chi connectivity index (χ3n) is 6.20. The van der Waals surface area contributed by atoms with Crippen LogP contribution in [-0.2, 0) is 25.2 Å². The Morgan fingerprint density at radius 2 is 1.76 bits per heavy atom. The molecule has 0 bridgehead atoms. The van der Waals surface area contributed by atoms with E-state index >= 15 is 0 Å². The van der Waals surface area contributed by atoms with Crippen molar-refractivity contribution in [3.05, 3.63) is 63.7 Å². The predicted molar refractivity (Wildman–Crippen MR) is 136 cm³/mol. The lowest BCUT2D eigenvalue weighted by Gasteiger charge is -2.25. The first-order valence-corrected chi connectivity index (χ1v) is 11.9. The standard InChI is InChI=1S/C26H30N6O5/c1-26(2,3)32-24(28-29-30-32)14-31(12-16-6-7-20-23(8-16)37-15-36-20)13-18-9-17-10-21(34-4)22(35-5)11-19(17)27-25(18)33/h6-11H,12-15H2,1-5H3,(H,27,33). The van der Waals surface area contributed by atoms with E-state index in [4.69, 9.17) is 18.9 Å². The molecule has 5 rings (SSSR count). The number of H-pyrrole nitrogens is 1. The van der Waals surface area contributed by atoms with Gasteiger partial charge in [-0.05, 0) is 61.0 Å². The zero-order chi connectivity index (χ0) is 26.2. The van der Waals surface area contributed by atoms with Gasteiger partial charge in [-0.1, -0.05) is 6.07 Å². The molecule has 1 N–H and O–H groups in total. The number of tetrazole rings is 1. The number of nitrogens with one attached hydrogen (secondary N) is 1. The van der Waals surface area contributed by atoms with Crippen molar-refractivity contribution < 1.29 is 18.9 Å². The van der Waals surface area contributed by atoms with Crippen LogP contribution in [0.25, 0.3) is 10.9 Å². The quantitative estimate of drug-likeness (QED) is 0.384. The molecule has 0 radical (unpaired) electrons. The van der Waals surface area contributed by atoms with Gasteiger partial charge in [0, 0.05) is 30.1 Å². The van der Waals surface area contributed by atoms with Crippen LogP contribution in [0.2, 0.25) is 0 Å². The first kappa shape index (κ1) is 24.6. The Bertz CT molecular complexity index is 1490. The first-order valence-electron chi connectivity index (χ1n) is 11.9. The number of hydrogen-bond acceptors (Lipinski definition) is 9. The van der Waals surface area contributed by atoms with E-state index in [0.717, 1.165) is 16.7 Å². The normalized spacial score (nSPS) is 12.9. The fourth-order valence-electron chi connectivity index (χ4n) is 4.43. The van der Waals surface area contributed by atoms with Crippen molar-refractivity contribution in [1.82, 2.24) is 30.1 Å². The summed E-state index contributed by atoms with van der Waals surface area (Å²) in [6.07, 6.45) is 0. The Morgan fingerprint density at radius 1 is 1.00 bits per heavy atom. The molecule has 11 heteroatoms. The number of benzene rings is 2. The van der Waals surface area contributed by atoms with Crippen LogP contribution in [0.15, 0.2) is 41.2 Å². The minimum absolute atomic E-state index is 0.175. The van der Waals surface area contributed by atoms with Crippen LogP contribution in [0.1, 0.15) is 37.7 Å². The fraction of sp³-hybridized carbons (Fsp3) is 0.385. The predicted octanol–water partition coefficient (Wildman–Crippen LogP) is 3.22. The molecule has 37 heavy (non-hydrogen) atoms. The highest BCUT2D eigenvalue weighted by molar-refractivity contribution is 5.83. The van der Waals surface area contributed by atoms with E-state index < -0.39 is 0 Å². The molecule has 1 aliphatic rings. The molecule has 0 aliphatic carbocycles. The summed E-state index contributed by atoms with van der Waals surface area (Å²) in [6, 6.07) is 11.4. The Morgan fingerprint density at radius 3 is 2.51 bits per heavy atom. The van der Waals surface area contributed by atoms with Crippen molar-refractivity contribution in [2.45, 2.75) is 45.9 Å². The van der Waals surface area contributed by atoms with E-state index in [0.29, 0.717) is 53.8 Å². The van der Waals surface area contributed by atoms with E-state index in [9.17, 15) is 4.79 Å². The molecular weight excluding hydrogens is 476 g/mol. The Kier molecular flexibility index (Phi) is 6.46. The number of methoxy groups -OCH3 is 2. The van der Waals surface area contributed by atoms with Crippen molar-refractivity contribution in [3.63, 3.8) is 0 Å². The SMILES string of the molecule is COc1cc2cc(CN(Cc3ccc4c(c3)OCO4)Cc3nnnn3C(C)(C)C)c(=O)[nH]c2cc1OC. The van der Waals surface area contributed by atoms with Crippen LogP contribution in [0.4, 0.5) is 0 Å². The molecule has 0 saturated carbocycles. The lowest BCUT2D eigenvalue weighted by molar-refractivity contribution is 0.174. The average molecular weight is 507 g/mol. The molecule has 3 heterocycles. The highest BCUT2D eigenvalue weighted by atomic mass is 16.7. The monoisotopic (exact) mass is 506 g/mol. The van der Waals surface area contributed by atoms with Gasteiger partial charge >= 0.3 is 0 Å². The van der Waals surface area contributed by atoms with Crippen molar-refractivity contribution in [1.29, 1.82) is 0 Å². The van der Waals surface area contributed by atoms with E-state index in [1.807, 2.05) is 51.1 Å². The van der Waals surface area contributed by atoms with Crippen molar-refractivity contribution in [3.8, 4) is 23.0 Å². The summed E-state index contributed by atoms with van der Waals surface area (Å²) in [5, 5.41) is 13.2. The molecule has 0 unspecified atom stereocenters. The third-order valence-corrected chi connectivity index (χ3v) is 6.20. The molecule has 0 fully saturated rings. The average Bonchev–Trinajstić information content (AvgIpc) is 3.53. The first-order chi connectivity index (χ1) is 17.7. The zero-order valence-corrected chi connectivity index (χ0v) is 21.6. The van der Waals surface area contributed by atoms with Crippen LogP contribution >= 0.6 is 0 Å². The summed E-state index contributed by atoms with van der Waals surface area (Å²) in [7, 11) is 3.15. The van der Waals surface area contributed by atoms with Gasteiger partial charge < -0.3 is 23.9 Å². The molecule has 0 atom stereocenters. The largest absolute Gasteiger partial charge is 0.493 e. The van der Waals surface area contributed by atoms with E-state index in [1.54, 1.807) is 25.0 Å². The van der Waals surface area contributed by atoms with Gasteiger partial charge in [-0.15, -0.1) is 5.10 Å². The van der Waals surface area contributed by atoms with Crippen molar-refractivity contribution in [2.75, 3.05) is 21.0 Å². The van der Waals surface area contributed by atoms with Gasteiger partial charge in [0.05, 0.1) is 31.8 Å². The number of aromatic nitrogens is 5. The van der Waals surface area contributed by atoms with Gasteiger partial charge in [-0.2, -0.15) is 0 Å². The molecule has 2 aromatic carbocycles. The maximum atomic E-state index is 13.1. The van der Waals surface area contributed by atoms with Crippen LogP contribution in [-0.4, -0.2) is 51.1 Å². The van der Waals surface area contributed by atoms with E-state index in [2.05, 4.69) is 25.4 Å². The summed E-state index contributed by atoms with van der Waals surface area (Å²) in [5.41, 5.74) is 1.83. The number of rotatable bonds is 8. The molecule has 194 valence electrons. The molecule has 0 amide bonds. The number of hydrogen-bond donors (Lipinski definition) is 1. The summed E-state index contributed by atoms with van der Waals surface area (Å²) < 4.78 is 23.7. The number of aromatic amines is 1. The fourth-order valence-corrected chi connectivity index (χ4v) is 4.43. The maximum Gasteiger partial charge on any atom is 0.252 e. The number of nitrogens with zero attached hydrogens (tertiary/aromatic N) is 5. The van der Waals surface area contributed by atoms with Gasteiger partial charge in [0.1, 0.15) is 0 Å². The summed E-state index contributed by atoms with van der Waals surface area (Å²) in [5.74, 6) is 3.28. The van der Waals surface area contributed by atoms with Gasteiger partial charge in [0.25, 0.3) is 5.56 Å². The highest BCUT2D eigenvalue weighted by Crippen LogP contribution is 2.34. The molecular formula is C26H30N6O5. The van der Waals surface area contributed by atoms with Gasteiger partial charge in [-0.25, -0.2) is 4.68 Å². The summed E-state index contributed by atoms with van der Waals surface area (Å²) in [4.78, 5) is 18.2. The molecule has 4 aromatic rings. The van der Waals surface area contributed by atoms with E-state index in [-0.39, 0.29) is 17.9 Å². The molecule has 11 nitrogen and oxygen atoms in total. The Hall–Kier alpha value is -4.12. The minimum atomic E-state index is -0.292. The van der Waals surface area contributed by atoms with Crippen molar-refractivity contribution in [2.24, 2.45) is 0 Å². The second-order valence-corrected chi connectivity index (χ2v) is 9.93. The minimum Gasteiger partial charge on any atom is -0.493 e. The number of ether oxygens (including phenoxy) is 4. The van der Waals surface area contributed by atoms with Gasteiger partial charge in [0.15, 0.2) is 28.8 Å². The zero-order valence-electron chi connectivity index (χ0n) is 21.6. The van der Waals surface area contributed by atoms with Crippen LogP contribution in [0.5, 0.6) is 23.0 Å². The highest BCUT2D eigenvalue weighted by Gasteiger charge is 2.23. The van der Waals surface area contributed by atoms with Crippen LogP contribution < -0.4 is 24.5 Å². The van der Waals surface area contributed by atoms with Crippen molar-refractivity contribution >= 4 is 10.9 Å². The molecule has 0 spiro atoms. The number of pyridine rings is 1. The lowest BCUT2D eigenvalue weighted by Crippen LogP contribution is -2.31. The number of fused-ring (bicyclic) bond motifs is 2.